The minimum Gasteiger partial charge on any atom is -0.456 e. The fraction of sp³-hybridized carbons (Fsp3) is 0.286. The maximum absolute atomic E-state index is 12.0. The molecule has 0 atom stereocenters. The molecule has 0 saturated heterocycles. The number of para-hydroxylation sites is 2. The summed E-state index contributed by atoms with van der Waals surface area (Å²) in [6, 6.07) is 25.2. The van der Waals surface area contributed by atoms with Crippen molar-refractivity contribution >= 4 is 49.7 Å². The molecule has 0 fully saturated rings. The van der Waals surface area contributed by atoms with E-state index in [1.165, 1.54) is 38.4 Å². The van der Waals surface area contributed by atoms with Gasteiger partial charge in [-0.15, -0.1) is 0 Å². The number of hydrogen-bond donors (Lipinski definition) is 0. The van der Waals surface area contributed by atoms with Crippen LogP contribution in [0.4, 0.5) is 0 Å². The number of furan rings is 1. The largest absolute Gasteiger partial charge is 0.456 e. The van der Waals surface area contributed by atoms with Crippen molar-refractivity contribution in [1.29, 1.82) is 0 Å². The van der Waals surface area contributed by atoms with E-state index in [1.54, 1.807) is 6.92 Å². The number of fused-ring (bicyclic) bond motifs is 6. The van der Waals surface area contributed by atoms with Gasteiger partial charge in [0.15, 0.2) is 0 Å². The first-order valence-electron chi connectivity index (χ1n) is 13.1. The molecule has 4 aromatic carbocycles. The normalized spacial score (nSPS) is 11.4. The molecule has 3 nitrogen and oxygen atoms in total. The van der Waals surface area contributed by atoms with Crippen molar-refractivity contribution < 1.29 is 9.21 Å². The molecule has 0 radical (unpaired) electrons. The van der Waals surface area contributed by atoms with Crippen molar-refractivity contribution in [2.24, 2.45) is 0 Å². The zero-order valence-electron chi connectivity index (χ0n) is 22.8. The first-order valence-corrected chi connectivity index (χ1v) is 13.1. The maximum atomic E-state index is 12.0. The first-order chi connectivity index (χ1) is 17.7. The Bertz CT molecular complexity index is 1780. The van der Waals surface area contributed by atoms with Crippen LogP contribution in [0.1, 0.15) is 80.9 Å². The van der Waals surface area contributed by atoms with E-state index in [1.807, 2.05) is 34.9 Å². The van der Waals surface area contributed by atoms with Gasteiger partial charge in [-0.25, -0.2) is 0 Å². The molecule has 0 aliphatic heterocycles. The van der Waals surface area contributed by atoms with Crippen LogP contribution < -0.4 is 0 Å². The third-order valence-electron chi connectivity index (χ3n) is 7.38. The Morgan fingerprint density at radius 2 is 1.21 bits per heavy atom. The van der Waals surface area contributed by atoms with Gasteiger partial charge in [-0.05, 0) is 84.3 Å². The Morgan fingerprint density at radius 1 is 0.658 bits per heavy atom. The van der Waals surface area contributed by atoms with E-state index in [2.05, 4.69) is 84.0 Å². The average Bonchev–Trinajstić information content (AvgIpc) is 3.37. The second kappa shape index (κ2) is 10.5. The highest BCUT2D eigenvalue weighted by molar-refractivity contribution is 6.13. The maximum Gasteiger partial charge on any atom is 0.228 e. The van der Waals surface area contributed by atoms with Crippen molar-refractivity contribution in [1.82, 2.24) is 4.57 Å². The second-order valence-corrected chi connectivity index (χ2v) is 10.7. The summed E-state index contributed by atoms with van der Waals surface area (Å²) in [5.41, 5.74) is 9.30. The van der Waals surface area contributed by atoms with Gasteiger partial charge < -0.3 is 4.42 Å². The molecule has 3 heteroatoms. The van der Waals surface area contributed by atoms with E-state index in [9.17, 15) is 4.79 Å². The van der Waals surface area contributed by atoms with Crippen LogP contribution in [0.5, 0.6) is 0 Å². The summed E-state index contributed by atoms with van der Waals surface area (Å²) >= 11 is 0. The van der Waals surface area contributed by atoms with Gasteiger partial charge in [0.1, 0.15) is 11.2 Å². The summed E-state index contributed by atoms with van der Waals surface area (Å²) in [7, 11) is 0. The zero-order valence-corrected chi connectivity index (χ0v) is 22.8. The SMILES string of the molecule is C.CC(=O)n1c2ccccc2c2cc(C(C)C)c(C)cc21.Cc1cc2oc3ccccc3c2cc1C(C)C. The van der Waals surface area contributed by atoms with Crippen molar-refractivity contribution in [2.75, 3.05) is 0 Å². The van der Waals surface area contributed by atoms with Gasteiger partial charge in [-0.1, -0.05) is 71.5 Å². The van der Waals surface area contributed by atoms with Crippen LogP contribution in [0.3, 0.4) is 0 Å². The number of aromatic nitrogens is 1. The molecular weight excluding hydrogens is 466 g/mol. The van der Waals surface area contributed by atoms with E-state index < -0.39 is 0 Å². The summed E-state index contributed by atoms with van der Waals surface area (Å²) in [6.45, 7) is 14.8. The van der Waals surface area contributed by atoms with Gasteiger partial charge in [0.2, 0.25) is 5.91 Å². The predicted molar refractivity (Wildman–Crippen MR) is 164 cm³/mol. The average molecular weight is 506 g/mol. The molecule has 6 aromatic rings. The molecule has 6 rings (SSSR count). The van der Waals surface area contributed by atoms with E-state index >= 15 is 0 Å². The predicted octanol–water partition coefficient (Wildman–Crippen LogP) is 10.5. The molecule has 0 unspecified atom stereocenters. The molecular formula is C35H39NO2. The summed E-state index contributed by atoms with van der Waals surface area (Å²) in [5, 5.41) is 4.77. The quantitative estimate of drug-likeness (QED) is 0.234. The Hall–Kier alpha value is -3.85. The fourth-order valence-electron chi connectivity index (χ4n) is 5.61. The van der Waals surface area contributed by atoms with Crippen molar-refractivity contribution in [2.45, 2.75) is 67.7 Å². The van der Waals surface area contributed by atoms with Gasteiger partial charge in [-0.3, -0.25) is 9.36 Å². The van der Waals surface area contributed by atoms with Crippen LogP contribution in [-0.4, -0.2) is 10.5 Å². The number of hydrogen-bond acceptors (Lipinski definition) is 2. The Balaban J connectivity index is 0.000000174. The number of nitrogens with zero attached hydrogens (tertiary/aromatic N) is 1. The van der Waals surface area contributed by atoms with Gasteiger partial charge in [-0.2, -0.15) is 0 Å². The van der Waals surface area contributed by atoms with Gasteiger partial charge in [0.05, 0.1) is 11.0 Å². The molecule has 0 bridgehead atoms. The second-order valence-electron chi connectivity index (χ2n) is 10.7. The van der Waals surface area contributed by atoms with Gasteiger partial charge in [0, 0.05) is 28.5 Å². The summed E-state index contributed by atoms with van der Waals surface area (Å²) in [4.78, 5) is 12.0. The molecule has 2 heterocycles. The lowest BCUT2D eigenvalue weighted by molar-refractivity contribution is 0.0946. The monoisotopic (exact) mass is 505 g/mol. The first kappa shape index (κ1) is 27.2. The Kier molecular flexibility index (Phi) is 7.51. The van der Waals surface area contributed by atoms with E-state index in [-0.39, 0.29) is 13.3 Å². The van der Waals surface area contributed by atoms with Crippen molar-refractivity contribution in [3.8, 4) is 0 Å². The van der Waals surface area contributed by atoms with E-state index in [0.29, 0.717) is 11.8 Å². The molecule has 0 aliphatic carbocycles. The zero-order chi connectivity index (χ0) is 26.4. The van der Waals surface area contributed by atoms with Gasteiger partial charge >= 0.3 is 0 Å². The Labute approximate surface area is 226 Å². The lowest BCUT2D eigenvalue weighted by Crippen LogP contribution is -2.05. The molecule has 0 N–H and O–H groups in total. The highest BCUT2D eigenvalue weighted by Crippen LogP contribution is 2.34. The van der Waals surface area contributed by atoms with E-state index in [4.69, 9.17) is 4.42 Å². The molecule has 38 heavy (non-hydrogen) atoms. The van der Waals surface area contributed by atoms with Crippen LogP contribution in [-0.2, 0) is 0 Å². The molecule has 0 spiro atoms. The lowest BCUT2D eigenvalue weighted by Gasteiger charge is -2.10. The number of aryl methyl sites for hydroxylation is 2. The van der Waals surface area contributed by atoms with Gasteiger partial charge in [0.25, 0.3) is 0 Å². The number of benzene rings is 4. The van der Waals surface area contributed by atoms with Crippen LogP contribution in [0.25, 0.3) is 43.7 Å². The van der Waals surface area contributed by atoms with Crippen LogP contribution in [0.2, 0.25) is 0 Å². The molecule has 0 aliphatic rings. The summed E-state index contributed by atoms with van der Waals surface area (Å²) in [5.74, 6) is 1.10. The van der Waals surface area contributed by atoms with Crippen LogP contribution >= 0.6 is 0 Å². The topological polar surface area (TPSA) is 35.1 Å². The highest BCUT2D eigenvalue weighted by Gasteiger charge is 2.16. The molecule has 2 aromatic heterocycles. The summed E-state index contributed by atoms with van der Waals surface area (Å²) < 4.78 is 7.69. The fourth-order valence-corrected chi connectivity index (χ4v) is 5.61. The Morgan fingerprint density at radius 3 is 1.84 bits per heavy atom. The minimum atomic E-state index is 0. The van der Waals surface area contributed by atoms with Crippen LogP contribution in [0.15, 0.2) is 77.2 Å². The van der Waals surface area contributed by atoms with Crippen LogP contribution in [0, 0.1) is 13.8 Å². The van der Waals surface area contributed by atoms with Crippen molar-refractivity contribution in [3.63, 3.8) is 0 Å². The highest BCUT2D eigenvalue weighted by atomic mass is 16.3. The summed E-state index contributed by atoms with van der Waals surface area (Å²) in [6.07, 6.45) is 0. The standard InChI is InChI=1S/C18H19NO.C16H16O.CH4/c1-11(2)15-10-16-14-7-5-6-8-17(14)19(13(4)20)18(16)9-12(15)3;1-10(2)13-9-14-12-6-4-5-7-15(12)17-16(14)8-11(13)3;/h5-11H,1-4H3;4-10H,1-3H3;1H4. The molecule has 0 amide bonds. The van der Waals surface area contributed by atoms with E-state index in [0.717, 1.165) is 27.6 Å². The lowest BCUT2D eigenvalue weighted by atomic mass is 9.96. The molecule has 0 saturated carbocycles. The number of rotatable bonds is 2. The molecule has 196 valence electrons. The number of carbonyl (C=O) groups excluding carboxylic acids is 1. The minimum absolute atomic E-state index is 0. The third kappa shape index (κ3) is 4.62. The smallest absolute Gasteiger partial charge is 0.228 e. The number of carbonyl (C=O) groups is 1. The van der Waals surface area contributed by atoms with Crippen molar-refractivity contribution in [3.05, 3.63) is 95.1 Å². The third-order valence-corrected chi connectivity index (χ3v) is 7.38.